The number of hydrogen-bond donors (Lipinski definition) is 4. The Kier molecular flexibility index (Phi) is 9.35. The average molecular weight is 545 g/mol. The molecule has 8 heteroatoms. The van der Waals surface area contributed by atoms with Gasteiger partial charge in [0.15, 0.2) is 23.0 Å². The minimum Gasteiger partial charge on any atom is -0.670 e. The number of carbonyl (C=O) groups is 1. The van der Waals surface area contributed by atoms with Gasteiger partial charge in [-0.3, -0.25) is 4.79 Å². The number of methoxy groups -OCH3 is 2. The van der Waals surface area contributed by atoms with Crippen LogP contribution in [0.5, 0.6) is 28.7 Å². The lowest BCUT2D eigenvalue weighted by molar-refractivity contribution is -0.123. The van der Waals surface area contributed by atoms with Crippen LogP contribution >= 0.6 is 0 Å². The van der Waals surface area contributed by atoms with E-state index in [1.165, 1.54) is 20.3 Å². The Hall–Kier alpha value is -4.43. The molecule has 0 saturated carbocycles. The Balaban J connectivity index is 1.59. The van der Waals surface area contributed by atoms with Crippen molar-refractivity contribution >= 4 is 5.78 Å². The summed E-state index contributed by atoms with van der Waals surface area (Å²) in [5.41, 5.74) is 3.19. The minimum atomic E-state index is -0.976. The summed E-state index contributed by atoms with van der Waals surface area (Å²) >= 11 is 0. The highest BCUT2D eigenvalue weighted by atomic mass is 16.5. The molecule has 8 nitrogen and oxygen atoms in total. The Morgan fingerprint density at radius 2 is 1.43 bits per heavy atom. The molecule has 3 atom stereocenters. The van der Waals surface area contributed by atoms with E-state index in [2.05, 4.69) is 4.98 Å². The van der Waals surface area contributed by atoms with Gasteiger partial charge >= 0.3 is 0 Å². The summed E-state index contributed by atoms with van der Waals surface area (Å²) in [5, 5.41) is 41.6. The van der Waals surface area contributed by atoms with Gasteiger partial charge in [0.2, 0.25) is 0 Å². The molecule has 4 aromatic rings. The van der Waals surface area contributed by atoms with Gasteiger partial charge in [-0.1, -0.05) is 35.9 Å². The van der Waals surface area contributed by atoms with Crippen molar-refractivity contribution in [3.8, 4) is 28.7 Å². The molecule has 1 heterocycles. The van der Waals surface area contributed by atoms with Crippen molar-refractivity contribution in [2.45, 2.75) is 37.7 Å². The molecule has 4 N–H and O–H groups in total. The van der Waals surface area contributed by atoms with E-state index in [1.54, 1.807) is 67.0 Å². The van der Waals surface area contributed by atoms with E-state index in [9.17, 15) is 25.2 Å². The third-order valence-electron chi connectivity index (χ3n) is 7.15. The summed E-state index contributed by atoms with van der Waals surface area (Å²) < 4.78 is 10.5. The van der Waals surface area contributed by atoms with Crippen molar-refractivity contribution < 1.29 is 34.7 Å². The monoisotopic (exact) mass is 544 g/mol. The van der Waals surface area contributed by atoms with Gasteiger partial charge in [0.1, 0.15) is 11.5 Å². The van der Waals surface area contributed by atoms with Crippen LogP contribution in [0, 0.1) is 5.92 Å². The molecule has 0 aliphatic rings. The fraction of sp³-hybridized carbons (Fsp3) is 0.281. The molecule has 40 heavy (non-hydrogen) atoms. The number of ketones is 1. The van der Waals surface area contributed by atoms with E-state index in [4.69, 9.17) is 9.47 Å². The minimum absolute atomic E-state index is 0.00221. The molecular weight excluding hydrogens is 510 g/mol. The van der Waals surface area contributed by atoms with Gasteiger partial charge in [-0.05, 0) is 78.3 Å². The van der Waals surface area contributed by atoms with Gasteiger partial charge < -0.3 is 34.9 Å². The molecule has 4 rings (SSSR count). The van der Waals surface area contributed by atoms with Crippen molar-refractivity contribution in [3.63, 3.8) is 0 Å². The number of carbonyl (C=O) groups excluding carboxylic acids is 1. The highest BCUT2D eigenvalue weighted by Crippen LogP contribution is 2.33. The molecule has 210 valence electrons. The molecule has 0 unspecified atom stereocenters. The maximum atomic E-state index is 13.8. The number of ether oxygens (including phenoxy) is 2. The van der Waals surface area contributed by atoms with E-state index in [1.807, 2.05) is 6.07 Å². The van der Waals surface area contributed by atoms with Gasteiger partial charge in [0.25, 0.3) is 0 Å². The maximum absolute atomic E-state index is 13.8. The first-order chi connectivity index (χ1) is 19.3. The second-order valence-electron chi connectivity index (χ2n) is 9.94. The second kappa shape index (κ2) is 13.1. The van der Waals surface area contributed by atoms with Gasteiger partial charge in [0.05, 0.1) is 20.3 Å². The van der Waals surface area contributed by atoms with E-state index < -0.39 is 12.0 Å². The number of benzene rings is 3. The Labute approximate surface area is 233 Å². The number of phenolic OH excluding ortho intramolecular Hbond substituents is 3. The zero-order valence-electron chi connectivity index (χ0n) is 22.5. The first kappa shape index (κ1) is 28.6. The van der Waals surface area contributed by atoms with Crippen LogP contribution in [0.25, 0.3) is 0 Å². The quantitative estimate of drug-likeness (QED) is 0.193. The molecule has 0 amide bonds. The molecule has 0 fully saturated rings. The van der Waals surface area contributed by atoms with Crippen LogP contribution in [0.3, 0.4) is 0 Å². The van der Waals surface area contributed by atoms with E-state index in [0.29, 0.717) is 29.9 Å². The topological polar surface area (TPSA) is 131 Å². The number of aromatic nitrogens is 1. The van der Waals surface area contributed by atoms with E-state index in [0.717, 1.165) is 16.7 Å². The highest BCUT2D eigenvalue weighted by molar-refractivity contribution is 5.86. The molecule has 0 aliphatic heterocycles. The zero-order valence-corrected chi connectivity index (χ0v) is 22.5. The van der Waals surface area contributed by atoms with Gasteiger partial charge in [-0.15, -0.1) is 0 Å². The predicted octanol–water partition coefficient (Wildman–Crippen LogP) is 4.53. The van der Waals surface area contributed by atoms with Crippen LogP contribution in [-0.2, 0) is 24.1 Å². The highest BCUT2D eigenvalue weighted by Gasteiger charge is 2.28. The summed E-state index contributed by atoms with van der Waals surface area (Å²) in [6.45, 7) is 0. The molecule has 0 spiro atoms. The van der Waals surface area contributed by atoms with Crippen molar-refractivity contribution in [3.05, 3.63) is 101 Å². The van der Waals surface area contributed by atoms with Crippen molar-refractivity contribution in [1.29, 1.82) is 0 Å². The van der Waals surface area contributed by atoms with Crippen LogP contribution in [0.2, 0.25) is 0 Å². The summed E-state index contributed by atoms with van der Waals surface area (Å²) in [6, 6.07) is 18.4. The molecule has 1 aromatic heterocycles. The van der Waals surface area contributed by atoms with Gasteiger partial charge in [-0.25, -0.2) is 0 Å². The molecule has 3 aromatic carbocycles. The van der Waals surface area contributed by atoms with Crippen LogP contribution < -0.4 is 14.5 Å². The maximum Gasteiger partial charge on any atom is 0.160 e. The number of nitrogens with zero attached hydrogens (tertiary/aromatic N) is 1. The summed E-state index contributed by atoms with van der Waals surface area (Å²) in [7, 11) is 2.93. The largest absolute Gasteiger partial charge is 0.670 e. The van der Waals surface area contributed by atoms with E-state index in [-0.39, 0.29) is 41.8 Å². The second-order valence-corrected chi connectivity index (χ2v) is 9.94. The molecular formula is C32H34NO7-. The SMILES string of the molecule is COc1cc(C[C@H](Cc2cc[n-]c2)[C@H](O)CC(=O)[C@H](Cc2ccc(O)c(OC)c2)c2cccc(O)c2)ccc1O. The van der Waals surface area contributed by atoms with E-state index >= 15 is 0 Å². The number of Topliss-reactive ketones (excluding diaryl/α,β-unsaturated/α-hetero) is 1. The summed E-state index contributed by atoms with van der Waals surface area (Å²) in [4.78, 5) is 17.9. The number of rotatable bonds is 13. The third-order valence-corrected chi connectivity index (χ3v) is 7.15. The molecule has 0 saturated heterocycles. The smallest absolute Gasteiger partial charge is 0.160 e. The number of aromatic hydroxyl groups is 3. The Morgan fingerprint density at radius 3 is 2.00 bits per heavy atom. The third kappa shape index (κ3) is 7.15. The van der Waals surface area contributed by atoms with Crippen molar-refractivity contribution in [1.82, 2.24) is 4.98 Å². The van der Waals surface area contributed by atoms with Gasteiger partial charge in [-0.2, -0.15) is 12.4 Å². The number of aliphatic hydroxyl groups is 1. The first-order valence-corrected chi connectivity index (χ1v) is 13.0. The van der Waals surface area contributed by atoms with Crippen LogP contribution in [0.1, 0.15) is 34.6 Å². The zero-order chi connectivity index (χ0) is 28.6. The molecule has 0 radical (unpaired) electrons. The number of phenols is 3. The predicted molar refractivity (Wildman–Crippen MR) is 150 cm³/mol. The summed E-state index contributed by atoms with van der Waals surface area (Å²) in [6.07, 6.45) is 3.59. The van der Waals surface area contributed by atoms with Crippen LogP contribution in [0.15, 0.2) is 79.1 Å². The van der Waals surface area contributed by atoms with Crippen LogP contribution in [-0.4, -0.2) is 46.5 Å². The normalized spacial score (nSPS) is 13.4. The summed E-state index contributed by atoms with van der Waals surface area (Å²) in [5.74, 6) is -0.443. The Bertz CT molecular complexity index is 1420. The van der Waals surface area contributed by atoms with Gasteiger partial charge in [0, 0.05) is 12.3 Å². The fourth-order valence-electron chi connectivity index (χ4n) is 5.00. The lowest BCUT2D eigenvalue weighted by atomic mass is 9.81. The van der Waals surface area contributed by atoms with Crippen molar-refractivity contribution in [2.24, 2.45) is 5.92 Å². The first-order valence-electron chi connectivity index (χ1n) is 13.0. The van der Waals surface area contributed by atoms with Crippen molar-refractivity contribution in [2.75, 3.05) is 14.2 Å². The lowest BCUT2D eigenvalue weighted by Crippen LogP contribution is -2.30. The standard InChI is InChI=1S/C32H34NO7/c1-39-31-15-20(6-8-27(31)35)12-24(13-22-10-11-33-19-22)29(37)18-30(38)26(23-4-3-5-25(34)17-23)14-21-7-9-28(36)32(16-21)40-2/h3-11,15-17,19,24,26,29,34-37H,12-14,18H2,1-2H3/q-1/t24-,26-,29-/m1/s1. The molecule has 0 aliphatic carbocycles. The number of aliphatic hydroxyl groups excluding tert-OH is 1. The lowest BCUT2D eigenvalue weighted by Gasteiger charge is -2.25. The average Bonchev–Trinajstić information content (AvgIpc) is 3.46. The molecule has 0 bridgehead atoms. The number of hydrogen-bond acceptors (Lipinski definition) is 7. The van der Waals surface area contributed by atoms with Crippen LogP contribution in [0.4, 0.5) is 0 Å². The fourth-order valence-corrected chi connectivity index (χ4v) is 5.00. The Morgan fingerprint density at radius 1 is 0.800 bits per heavy atom.